The van der Waals surface area contributed by atoms with Crippen LogP contribution in [0.2, 0.25) is 0 Å². The highest BCUT2D eigenvalue weighted by Gasteiger charge is 1.92. The zero-order valence-electron chi connectivity index (χ0n) is 5.83. The van der Waals surface area contributed by atoms with Gasteiger partial charge in [0.05, 0.1) is 18.8 Å². The van der Waals surface area contributed by atoms with Crippen LogP contribution < -0.4 is 5.48 Å². The van der Waals surface area contributed by atoms with Gasteiger partial charge in [-0.2, -0.15) is 5.48 Å². The lowest BCUT2D eigenvalue weighted by Crippen LogP contribution is -2.13. The first kappa shape index (κ1) is 7.24. The zero-order valence-corrected chi connectivity index (χ0v) is 5.83. The number of rotatable bonds is 4. The molecule has 1 heterocycles. The molecule has 0 aliphatic heterocycles. The number of aromatic nitrogens is 1. The summed E-state index contributed by atoms with van der Waals surface area (Å²) in [6.45, 7) is 3.15. The zero-order chi connectivity index (χ0) is 7.23. The Kier molecular flexibility index (Phi) is 2.92. The van der Waals surface area contributed by atoms with Crippen molar-refractivity contribution in [3.8, 4) is 0 Å². The second-order valence-electron chi connectivity index (χ2n) is 1.74. The molecule has 4 heteroatoms. The van der Waals surface area contributed by atoms with E-state index >= 15 is 0 Å². The summed E-state index contributed by atoms with van der Waals surface area (Å²) < 4.78 is 4.60. The molecule has 0 amide bonds. The van der Waals surface area contributed by atoms with Crippen molar-refractivity contribution in [2.24, 2.45) is 0 Å². The lowest BCUT2D eigenvalue weighted by Gasteiger charge is -1.97. The maximum Gasteiger partial charge on any atom is 0.124 e. The fraction of sp³-hybridized carbons (Fsp3) is 0.500. The summed E-state index contributed by atoms with van der Waals surface area (Å²) in [4.78, 5) is 4.88. The van der Waals surface area contributed by atoms with Crippen molar-refractivity contribution < 1.29 is 9.36 Å². The average molecular weight is 142 g/mol. The van der Waals surface area contributed by atoms with Gasteiger partial charge in [0.15, 0.2) is 0 Å². The van der Waals surface area contributed by atoms with E-state index in [4.69, 9.17) is 4.84 Å². The summed E-state index contributed by atoms with van der Waals surface area (Å²) in [5.41, 5.74) is 3.56. The molecule has 0 aliphatic rings. The summed E-state index contributed by atoms with van der Waals surface area (Å²) in [5.74, 6) is 0. The van der Waals surface area contributed by atoms with Crippen molar-refractivity contribution in [2.45, 2.75) is 13.5 Å². The molecule has 0 atom stereocenters. The summed E-state index contributed by atoms with van der Waals surface area (Å²) in [6, 6.07) is 1.78. The Morgan fingerprint density at radius 3 is 3.30 bits per heavy atom. The molecule has 1 N–H and O–H groups in total. The monoisotopic (exact) mass is 142 g/mol. The van der Waals surface area contributed by atoms with Crippen LogP contribution in [0.3, 0.4) is 0 Å². The SMILES string of the molecule is CCONCc1ccon1. The Balaban J connectivity index is 2.15. The van der Waals surface area contributed by atoms with Crippen LogP contribution in [0.4, 0.5) is 0 Å². The van der Waals surface area contributed by atoms with Crippen LogP contribution in [0.5, 0.6) is 0 Å². The minimum Gasteiger partial charge on any atom is -0.364 e. The van der Waals surface area contributed by atoms with Gasteiger partial charge in [0.25, 0.3) is 0 Å². The van der Waals surface area contributed by atoms with E-state index in [0.717, 1.165) is 5.69 Å². The van der Waals surface area contributed by atoms with E-state index in [1.807, 2.05) is 6.92 Å². The predicted octanol–water partition coefficient (Wildman–Crippen LogP) is 0.716. The molecule has 1 aromatic heterocycles. The fourth-order valence-corrected chi connectivity index (χ4v) is 0.556. The number of nitrogens with one attached hydrogen (secondary N) is 1. The summed E-state index contributed by atoms with van der Waals surface area (Å²) >= 11 is 0. The molecule has 0 radical (unpaired) electrons. The third-order valence-corrected chi connectivity index (χ3v) is 0.991. The second kappa shape index (κ2) is 4.03. The van der Waals surface area contributed by atoms with Gasteiger partial charge in [0.1, 0.15) is 6.26 Å². The predicted molar refractivity (Wildman–Crippen MR) is 35.0 cm³/mol. The van der Waals surface area contributed by atoms with Gasteiger partial charge in [-0.3, -0.25) is 0 Å². The average Bonchev–Trinajstić information content (AvgIpc) is 2.41. The van der Waals surface area contributed by atoms with E-state index in [2.05, 4.69) is 15.2 Å². The van der Waals surface area contributed by atoms with Gasteiger partial charge in [-0.05, 0) is 6.92 Å². The van der Waals surface area contributed by atoms with E-state index in [9.17, 15) is 0 Å². The van der Waals surface area contributed by atoms with Gasteiger partial charge >= 0.3 is 0 Å². The van der Waals surface area contributed by atoms with Crippen molar-refractivity contribution in [3.05, 3.63) is 18.0 Å². The number of hydroxylamine groups is 1. The molecule has 0 aliphatic carbocycles. The van der Waals surface area contributed by atoms with Crippen molar-refractivity contribution in [1.29, 1.82) is 0 Å². The van der Waals surface area contributed by atoms with E-state index < -0.39 is 0 Å². The van der Waals surface area contributed by atoms with E-state index in [1.54, 1.807) is 6.07 Å². The molecule has 56 valence electrons. The number of hydrogen-bond donors (Lipinski definition) is 1. The number of hydrogen-bond acceptors (Lipinski definition) is 4. The van der Waals surface area contributed by atoms with Gasteiger partial charge in [-0.1, -0.05) is 5.16 Å². The number of nitrogens with zero attached hydrogens (tertiary/aromatic N) is 1. The second-order valence-corrected chi connectivity index (χ2v) is 1.74. The quantitative estimate of drug-likeness (QED) is 0.497. The summed E-state index contributed by atoms with van der Waals surface area (Å²) in [7, 11) is 0. The van der Waals surface area contributed by atoms with Crippen molar-refractivity contribution >= 4 is 0 Å². The third kappa shape index (κ3) is 2.16. The van der Waals surface area contributed by atoms with E-state index in [-0.39, 0.29) is 0 Å². The van der Waals surface area contributed by atoms with Gasteiger partial charge in [-0.15, -0.1) is 0 Å². The van der Waals surface area contributed by atoms with Crippen molar-refractivity contribution in [2.75, 3.05) is 6.61 Å². The Bertz CT molecular complexity index is 162. The maximum absolute atomic E-state index is 4.88. The molecule has 0 bridgehead atoms. The maximum atomic E-state index is 4.88. The molecular weight excluding hydrogens is 132 g/mol. The highest BCUT2D eigenvalue weighted by Crippen LogP contribution is 1.91. The Hall–Kier alpha value is -0.870. The Morgan fingerprint density at radius 2 is 2.70 bits per heavy atom. The van der Waals surface area contributed by atoms with Crippen LogP contribution in [0.1, 0.15) is 12.6 Å². The Labute approximate surface area is 59.1 Å². The van der Waals surface area contributed by atoms with Crippen LogP contribution in [0, 0.1) is 0 Å². The van der Waals surface area contributed by atoms with E-state index in [0.29, 0.717) is 13.2 Å². The van der Waals surface area contributed by atoms with Crippen LogP contribution in [-0.2, 0) is 11.4 Å². The standard InChI is InChI=1S/C6H10N2O2/c1-2-9-7-5-6-3-4-10-8-6/h3-4,7H,2,5H2,1H3. The van der Waals surface area contributed by atoms with Crippen molar-refractivity contribution in [1.82, 2.24) is 10.6 Å². The molecule has 0 fully saturated rings. The fourth-order valence-electron chi connectivity index (χ4n) is 0.556. The lowest BCUT2D eigenvalue weighted by atomic mass is 10.4. The highest BCUT2D eigenvalue weighted by atomic mass is 16.6. The minimum atomic E-state index is 0.588. The molecule has 0 aromatic carbocycles. The first-order valence-corrected chi connectivity index (χ1v) is 3.17. The molecule has 10 heavy (non-hydrogen) atoms. The van der Waals surface area contributed by atoms with Gasteiger partial charge in [0.2, 0.25) is 0 Å². The van der Waals surface area contributed by atoms with E-state index in [1.165, 1.54) is 6.26 Å². The highest BCUT2D eigenvalue weighted by molar-refractivity contribution is 4.93. The largest absolute Gasteiger partial charge is 0.364 e. The molecule has 0 saturated carbocycles. The van der Waals surface area contributed by atoms with Crippen LogP contribution >= 0.6 is 0 Å². The molecule has 0 spiro atoms. The first-order chi connectivity index (χ1) is 4.93. The first-order valence-electron chi connectivity index (χ1n) is 3.17. The minimum absolute atomic E-state index is 0.588. The Morgan fingerprint density at radius 1 is 1.80 bits per heavy atom. The normalized spacial score (nSPS) is 10.1. The van der Waals surface area contributed by atoms with Crippen molar-refractivity contribution in [3.63, 3.8) is 0 Å². The van der Waals surface area contributed by atoms with Gasteiger partial charge in [0, 0.05) is 6.07 Å². The van der Waals surface area contributed by atoms with Gasteiger partial charge in [-0.25, -0.2) is 0 Å². The van der Waals surface area contributed by atoms with Gasteiger partial charge < -0.3 is 9.36 Å². The molecule has 1 rings (SSSR count). The molecule has 4 nitrogen and oxygen atoms in total. The topological polar surface area (TPSA) is 47.3 Å². The van der Waals surface area contributed by atoms with Crippen LogP contribution in [-0.4, -0.2) is 11.8 Å². The molecule has 1 aromatic rings. The third-order valence-electron chi connectivity index (χ3n) is 0.991. The molecular formula is C6H10N2O2. The van der Waals surface area contributed by atoms with Crippen LogP contribution in [0.25, 0.3) is 0 Å². The molecule has 0 saturated heterocycles. The smallest absolute Gasteiger partial charge is 0.124 e. The summed E-state index contributed by atoms with van der Waals surface area (Å²) in [6.07, 6.45) is 1.53. The summed E-state index contributed by atoms with van der Waals surface area (Å²) in [5, 5.41) is 3.67. The lowest BCUT2D eigenvalue weighted by molar-refractivity contribution is 0.0451. The van der Waals surface area contributed by atoms with Crippen LogP contribution in [0.15, 0.2) is 16.9 Å². The molecule has 0 unspecified atom stereocenters.